The van der Waals surface area contributed by atoms with Crippen molar-refractivity contribution >= 4 is 43.9 Å². The predicted molar refractivity (Wildman–Crippen MR) is 126 cm³/mol. The molecule has 32 heavy (non-hydrogen) atoms. The third kappa shape index (κ3) is 4.79. The van der Waals surface area contributed by atoms with Gasteiger partial charge in [-0.3, -0.25) is 5.32 Å². The van der Waals surface area contributed by atoms with E-state index in [9.17, 15) is 4.79 Å². The van der Waals surface area contributed by atoms with E-state index >= 15 is 0 Å². The Balaban J connectivity index is 2.19. The van der Waals surface area contributed by atoms with Crippen LogP contribution in [0.15, 0.2) is 15.9 Å². The molecule has 0 unspecified atom stereocenters. The average Bonchev–Trinajstić information content (AvgIpc) is 3.20. The molecule has 1 N–H and O–H groups in total. The largest absolute Gasteiger partial charge is 0.496 e. The molecule has 0 radical (unpaired) electrons. The number of aromatic nitrogens is 2. The number of amides is 1. The summed E-state index contributed by atoms with van der Waals surface area (Å²) in [5.41, 5.74) is 2.06. The van der Waals surface area contributed by atoms with Gasteiger partial charge in [0.25, 0.3) is 5.88 Å². The summed E-state index contributed by atoms with van der Waals surface area (Å²) in [6, 6.07) is 3.77. The van der Waals surface area contributed by atoms with E-state index in [1.54, 1.807) is 46.6 Å². The van der Waals surface area contributed by atoms with Crippen LogP contribution in [0, 0.1) is 0 Å². The molecule has 1 amide bonds. The topological polar surface area (TPSA) is 92.6 Å². The number of ether oxygens (including phenoxy) is 5. The van der Waals surface area contributed by atoms with Gasteiger partial charge in [0, 0.05) is 7.11 Å². The van der Waals surface area contributed by atoms with Crippen LogP contribution in [0.3, 0.4) is 0 Å². The number of anilines is 1. The Kier molecular flexibility index (Phi) is 7.21. The molecule has 2 aromatic heterocycles. The molecule has 174 valence electrons. The zero-order valence-electron chi connectivity index (χ0n) is 19.0. The SMILES string of the molecule is COCc1cc(OC)c(-c2c(Br)sc3c(NC(=O)OC(C)(C)C)c(OC)nn23)c(OC)c1. The Labute approximate surface area is 198 Å². The second-order valence-electron chi connectivity index (χ2n) is 7.76. The standard InChI is InChI=1S/C21H26BrN3O6S/c1-21(2,3)31-20(26)23-15-18(30-7)24-25-16(17(22)32-19(15)25)14-12(28-5)8-11(10-27-4)9-13(14)29-6/h8-9H,10H2,1-7H3,(H,23,26). The van der Waals surface area contributed by atoms with Crippen molar-refractivity contribution in [2.45, 2.75) is 33.0 Å². The van der Waals surface area contributed by atoms with Gasteiger partial charge in [-0.2, -0.15) is 0 Å². The van der Waals surface area contributed by atoms with E-state index < -0.39 is 11.7 Å². The number of rotatable bonds is 7. The molecule has 0 fully saturated rings. The van der Waals surface area contributed by atoms with Crippen LogP contribution in [-0.4, -0.2) is 49.7 Å². The van der Waals surface area contributed by atoms with Gasteiger partial charge in [0.05, 0.1) is 37.3 Å². The Morgan fingerprint density at radius 3 is 2.25 bits per heavy atom. The Hall–Kier alpha value is -2.50. The maximum absolute atomic E-state index is 12.4. The lowest BCUT2D eigenvalue weighted by Gasteiger charge is -2.19. The lowest BCUT2D eigenvalue weighted by molar-refractivity contribution is 0.0635. The maximum Gasteiger partial charge on any atom is 0.412 e. The van der Waals surface area contributed by atoms with Gasteiger partial charge < -0.3 is 23.7 Å². The highest BCUT2D eigenvalue weighted by molar-refractivity contribution is 9.11. The summed E-state index contributed by atoms with van der Waals surface area (Å²) in [6.07, 6.45) is -0.601. The van der Waals surface area contributed by atoms with E-state index in [0.717, 1.165) is 9.35 Å². The minimum atomic E-state index is -0.643. The smallest absolute Gasteiger partial charge is 0.412 e. The van der Waals surface area contributed by atoms with Crippen LogP contribution in [0.5, 0.6) is 17.4 Å². The van der Waals surface area contributed by atoms with Gasteiger partial charge in [-0.25, -0.2) is 9.31 Å². The van der Waals surface area contributed by atoms with Gasteiger partial charge in [-0.15, -0.1) is 16.4 Å². The molecule has 1 aromatic carbocycles. The molecule has 0 atom stereocenters. The molecule has 0 aliphatic rings. The summed E-state index contributed by atoms with van der Waals surface area (Å²) in [5.74, 6) is 1.44. The molecule has 3 aromatic rings. The van der Waals surface area contributed by atoms with Gasteiger partial charge in [0.2, 0.25) is 0 Å². The number of hydrogen-bond donors (Lipinski definition) is 1. The normalized spacial score (nSPS) is 11.5. The highest BCUT2D eigenvalue weighted by atomic mass is 79.9. The quantitative estimate of drug-likeness (QED) is 0.442. The Bertz CT molecular complexity index is 1110. The van der Waals surface area contributed by atoms with Crippen LogP contribution in [-0.2, 0) is 16.1 Å². The van der Waals surface area contributed by atoms with Crippen LogP contribution in [0.2, 0.25) is 0 Å². The van der Waals surface area contributed by atoms with Gasteiger partial charge >= 0.3 is 6.09 Å². The van der Waals surface area contributed by atoms with E-state index in [4.69, 9.17) is 23.7 Å². The molecule has 0 aliphatic heterocycles. The minimum absolute atomic E-state index is 0.254. The van der Waals surface area contributed by atoms with Crippen molar-refractivity contribution in [3.05, 3.63) is 21.5 Å². The fraction of sp³-hybridized carbons (Fsp3) is 0.429. The van der Waals surface area contributed by atoms with Gasteiger partial charge in [-0.05, 0) is 54.4 Å². The number of carbonyl (C=O) groups excluding carboxylic acids is 1. The van der Waals surface area contributed by atoms with Gasteiger partial charge in [0.1, 0.15) is 33.3 Å². The molecule has 9 nitrogen and oxygen atoms in total. The summed E-state index contributed by atoms with van der Waals surface area (Å²) >= 11 is 5.01. The molecule has 0 saturated heterocycles. The summed E-state index contributed by atoms with van der Waals surface area (Å²) in [6.45, 7) is 5.79. The highest BCUT2D eigenvalue weighted by Crippen LogP contribution is 2.48. The zero-order valence-corrected chi connectivity index (χ0v) is 21.4. The van der Waals surface area contributed by atoms with Crippen molar-refractivity contribution in [1.29, 1.82) is 0 Å². The molecule has 3 rings (SSSR count). The number of methoxy groups -OCH3 is 4. The lowest BCUT2D eigenvalue weighted by Crippen LogP contribution is -2.27. The maximum atomic E-state index is 12.4. The van der Waals surface area contributed by atoms with Gasteiger partial charge in [-0.1, -0.05) is 0 Å². The molecular weight excluding hydrogens is 502 g/mol. The number of fused-ring (bicyclic) bond motifs is 1. The first-order valence-electron chi connectivity index (χ1n) is 9.62. The van der Waals surface area contributed by atoms with Crippen LogP contribution < -0.4 is 19.5 Å². The van der Waals surface area contributed by atoms with Crippen LogP contribution in [0.25, 0.3) is 16.1 Å². The molecule has 0 aliphatic carbocycles. The fourth-order valence-electron chi connectivity index (χ4n) is 3.16. The van der Waals surface area contributed by atoms with Crippen LogP contribution >= 0.6 is 27.3 Å². The van der Waals surface area contributed by atoms with Crippen LogP contribution in [0.4, 0.5) is 10.5 Å². The van der Waals surface area contributed by atoms with Crippen molar-refractivity contribution in [2.75, 3.05) is 33.8 Å². The van der Waals surface area contributed by atoms with E-state index in [-0.39, 0.29) is 5.88 Å². The monoisotopic (exact) mass is 527 g/mol. The molecule has 0 spiro atoms. The molecule has 2 heterocycles. The number of halogens is 1. The first-order chi connectivity index (χ1) is 15.1. The number of thiazole rings is 1. The van der Waals surface area contributed by atoms with E-state index in [2.05, 4.69) is 26.3 Å². The summed E-state index contributed by atoms with van der Waals surface area (Å²) in [7, 11) is 6.29. The Morgan fingerprint density at radius 2 is 1.75 bits per heavy atom. The second-order valence-corrected chi connectivity index (χ2v) is 10.1. The number of nitrogens with one attached hydrogen (secondary N) is 1. The van der Waals surface area contributed by atoms with E-state index in [1.807, 2.05) is 12.1 Å². The highest BCUT2D eigenvalue weighted by Gasteiger charge is 2.28. The zero-order chi connectivity index (χ0) is 23.6. The van der Waals surface area contributed by atoms with Gasteiger partial charge in [0.15, 0.2) is 0 Å². The minimum Gasteiger partial charge on any atom is -0.496 e. The van der Waals surface area contributed by atoms with E-state index in [1.165, 1.54) is 18.4 Å². The molecule has 0 saturated carbocycles. The molecular formula is C21H26BrN3O6S. The number of hydrogen-bond acceptors (Lipinski definition) is 8. The van der Waals surface area contributed by atoms with Crippen molar-refractivity contribution in [1.82, 2.24) is 9.61 Å². The number of benzene rings is 1. The number of nitrogens with zero attached hydrogens (tertiary/aromatic N) is 2. The summed E-state index contributed by atoms with van der Waals surface area (Å²) in [4.78, 5) is 13.1. The van der Waals surface area contributed by atoms with Crippen molar-refractivity contribution in [2.24, 2.45) is 0 Å². The third-order valence-electron chi connectivity index (χ3n) is 4.33. The predicted octanol–water partition coefficient (Wildman–Crippen LogP) is 5.34. The second kappa shape index (κ2) is 9.55. The third-order valence-corrected chi connectivity index (χ3v) is 6.13. The molecule has 0 bridgehead atoms. The van der Waals surface area contributed by atoms with Crippen molar-refractivity contribution < 1.29 is 28.5 Å². The van der Waals surface area contributed by atoms with Crippen molar-refractivity contribution in [3.8, 4) is 28.6 Å². The summed E-state index contributed by atoms with van der Waals surface area (Å²) in [5, 5.41) is 7.31. The first-order valence-corrected chi connectivity index (χ1v) is 11.2. The summed E-state index contributed by atoms with van der Waals surface area (Å²) < 4.78 is 29.9. The number of carbonyl (C=O) groups is 1. The lowest BCUT2D eigenvalue weighted by atomic mass is 10.1. The Morgan fingerprint density at radius 1 is 1.12 bits per heavy atom. The average molecular weight is 528 g/mol. The molecule has 11 heteroatoms. The van der Waals surface area contributed by atoms with Crippen LogP contribution in [0.1, 0.15) is 26.3 Å². The fourth-order valence-corrected chi connectivity index (χ4v) is 4.90. The van der Waals surface area contributed by atoms with E-state index in [0.29, 0.717) is 39.9 Å². The van der Waals surface area contributed by atoms with Crippen molar-refractivity contribution in [3.63, 3.8) is 0 Å². The first kappa shape index (κ1) is 24.1.